The Hall–Kier alpha value is -2.71. The standard InChI is InChI=1S/C10H16N2O4.C4H8N2O.C2H3N/c1-9(13)16-8-7-12(6-4-11)5-3-10(14)15-2;5-1-2-6-3-4-7;1-2-3/h3,5-8H2,1-2H3;6-7H,2-4H2;1H3. The molecule has 0 radical (unpaired) electrons. The van der Waals surface area contributed by atoms with Crippen LogP contribution in [0.3, 0.4) is 0 Å². The van der Waals surface area contributed by atoms with Crippen LogP contribution in [0.15, 0.2) is 0 Å². The first-order valence-corrected chi connectivity index (χ1v) is 7.72. The largest absolute Gasteiger partial charge is 0.469 e. The van der Waals surface area contributed by atoms with Crippen LogP contribution in [-0.2, 0) is 19.1 Å². The van der Waals surface area contributed by atoms with Crippen molar-refractivity contribution in [3.63, 3.8) is 0 Å². The van der Waals surface area contributed by atoms with Gasteiger partial charge in [0.25, 0.3) is 0 Å². The summed E-state index contributed by atoms with van der Waals surface area (Å²) < 4.78 is 9.23. The summed E-state index contributed by atoms with van der Waals surface area (Å²) in [4.78, 5) is 23.1. The molecule has 0 aromatic heterocycles. The van der Waals surface area contributed by atoms with Gasteiger partial charge in [-0.05, 0) is 0 Å². The van der Waals surface area contributed by atoms with Crippen LogP contribution >= 0.6 is 0 Å². The average molecular weight is 369 g/mol. The molecule has 0 rings (SSSR count). The zero-order valence-electron chi connectivity index (χ0n) is 15.5. The highest BCUT2D eigenvalue weighted by Gasteiger charge is 2.08. The maximum Gasteiger partial charge on any atom is 0.306 e. The maximum atomic E-state index is 10.9. The molecule has 0 spiro atoms. The van der Waals surface area contributed by atoms with Crippen LogP contribution in [-0.4, -0.2) is 75.0 Å². The van der Waals surface area contributed by atoms with Crippen molar-refractivity contribution < 1.29 is 24.2 Å². The SMILES string of the molecule is CC#N.COC(=O)CCN(CC#N)CCOC(C)=O.N#CCNCCO. The van der Waals surface area contributed by atoms with Crippen molar-refractivity contribution in [3.05, 3.63) is 0 Å². The molecular weight excluding hydrogens is 342 g/mol. The molecule has 0 aromatic rings. The third-order valence-electron chi connectivity index (χ3n) is 2.36. The Kier molecular flexibility index (Phi) is 26.5. The van der Waals surface area contributed by atoms with Gasteiger partial charge < -0.3 is 19.9 Å². The molecule has 0 atom stereocenters. The van der Waals surface area contributed by atoms with Crippen LogP contribution in [0.25, 0.3) is 0 Å². The number of esters is 2. The lowest BCUT2D eigenvalue weighted by Gasteiger charge is -2.17. The third-order valence-corrected chi connectivity index (χ3v) is 2.36. The molecule has 0 amide bonds. The van der Waals surface area contributed by atoms with Gasteiger partial charge in [-0.2, -0.15) is 15.8 Å². The van der Waals surface area contributed by atoms with Crippen molar-refractivity contribution in [1.29, 1.82) is 15.8 Å². The molecule has 10 nitrogen and oxygen atoms in total. The summed E-state index contributed by atoms with van der Waals surface area (Å²) in [5.74, 6) is -0.680. The van der Waals surface area contributed by atoms with E-state index in [0.717, 1.165) is 0 Å². The summed E-state index contributed by atoms with van der Waals surface area (Å²) in [6.45, 7) is 4.95. The van der Waals surface area contributed by atoms with Gasteiger partial charge in [-0.3, -0.25) is 14.5 Å². The van der Waals surface area contributed by atoms with Gasteiger partial charge in [0.05, 0.1) is 51.4 Å². The lowest BCUT2D eigenvalue weighted by atomic mass is 10.3. The number of aliphatic hydroxyl groups excluding tert-OH is 1. The van der Waals surface area contributed by atoms with Gasteiger partial charge in [0, 0.05) is 33.5 Å². The van der Waals surface area contributed by atoms with E-state index in [2.05, 4.69) is 10.1 Å². The minimum atomic E-state index is -0.357. The highest BCUT2D eigenvalue weighted by atomic mass is 16.5. The zero-order valence-corrected chi connectivity index (χ0v) is 15.5. The fourth-order valence-corrected chi connectivity index (χ4v) is 1.26. The van der Waals surface area contributed by atoms with Crippen LogP contribution in [0, 0.1) is 34.0 Å². The lowest BCUT2D eigenvalue weighted by molar-refractivity contribution is -0.143. The van der Waals surface area contributed by atoms with E-state index in [9.17, 15) is 9.59 Å². The van der Waals surface area contributed by atoms with Gasteiger partial charge in [0.2, 0.25) is 0 Å². The second-order valence-corrected chi connectivity index (χ2v) is 4.38. The third kappa shape index (κ3) is 29.3. The first kappa shape index (κ1) is 28.1. The van der Waals surface area contributed by atoms with Gasteiger partial charge >= 0.3 is 11.9 Å². The number of ether oxygens (including phenoxy) is 2. The van der Waals surface area contributed by atoms with E-state index in [-0.39, 0.29) is 38.1 Å². The minimum absolute atomic E-state index is 0.0989. The zero-order chi connectivity index (χ0) is 20.6. The highest BCUT2D eigenvalue weighted by molar-refractivity contribution is 5.69. The number of nitrogens with zero attached hydrogens (tertiary/aromatic N) is 4. The van der Waals surface area contributed by atoms with Crippen LogP contribution < -0.4 is 5.32 Å². The molecule has 0 saturated carbocycles. The van der Waals surface area contributed by atoms with E-state index in [1.807, 2.05) is 12.1 Å². The van der Waals surface area contributed by atoms with Crippen LogP contribution in [0.1, 0.15) is 20.3 Å². The number of hydrogen-bond acceptors (Lipinski definition) is 10. The Labute approximate surface area is 154 Å². The van der Waals surface area contributed by atoms with Gasteiger partial charge in [-0.15, -0.1) is 0 Å². The predicted molar refractivity (Wildman–Crippen MR) is 92.2 cm³/mol. The molecule has 0 aliphatic carbocycles. The molecule has 0 fully saturated rings. The molecule has 0 aromatic carbocycles. The normalized spacial score (nSPS) is 8.38. The summed E-state index contributed by atoms with van der Waals surface area (Å²) in [6.07, 6.45) is 0.220. The summed E-state index contributed by atoms with van der Waals surface area (Å²) in [5.41, 5.74) is 0. The first-order valence-electron chi connectivity index (χ1n) is 7.72. The molecular formula is C16H27N5O5. The predicted octanol–water partition coefficient (Wildman–Crippen LogP) is -0.440. The van der Waals surface area contributed by atoms with Crippen molar-refractivity contribution in [1.82, 2.24) is 10.2 Å². The van der Waals surface area contributed by atoms with Gasteiger partial charge in [-0.1, -0.05) is 0 Å². The lowest BCUT2D eigenvalue weighted by Crippen LogP contribution is -2.31. The second kappa shape index (κ2) is 24.5. The number of aliphatic hydroxyl groups is 1. The highest BCUT2D eigenvalue weighted by Crippen LogP contribution is 1.93. The molecule has 0 saturated heterocycles. The molecule has 2 N–H and O–H groups in total. The second-order valence-electron chi connectivity index (χ2n) is 4.38. The Balaban J connectivity index is -0.000000438. The fraction of sp³-hybridized carbons (Fsp3) is 0.688. The van der Waals surface area contributed by atoms with E-state index in [4.69, 9.17) is 25.6 Å². The number of carbonyl (C=O) groups is 2. The van der Waals surface area contributed by atoms with E-state index in [0.29, 0.717) is 26.2 Å². The van der Waals surface area contributed by atoms with Crippen LogP contribution in [0.2, 0.25) is 0 Å². The molecule has 10 heteroatoms. The number of nitriles is 3. The summed E-state index contributed by atoms with van der Waals surface area (Å²) >= 11 is 0. The Morgan fingerprint density at radius 1 is 1.19 bits per heavy atom. The van der Waals surface area contributed by atoms with Crippen molar-refractivity contribution in [2.45, 2.75) is 20.3 Å². The van der Waals surface area contributed by atoms with E-state index >= 15 is 0 Å². The van der Waals surface area contributed by atoms with E-state index in [1.165, 1.54) is 21.0 Å². The number of hydrogen-bond donors (Lipinski definition) is 2. The molecule has 0 unspecified atom stereocenters. The smallest absolute Gasteiger partial charge is 0.306 e. The molecule has 146 valence electrons. The van der Waals surface area contributed by atoms with Crippen LogP contribution in [0.4, 0.5) is 0 Å². The number of nitrogens with one attached hydrogen (secondary N) is 1. The Bertz CT molecular complexity index is 479. The number of carbonyl (C=O) groups excluding carboxylic acids is 2. The topological polar surface area (TPSA) is 159 Å². The van der Waals surface area contributed by atoms with Crippen molar-refractivity contribution in [2.24, 2.45) is 0 Å². The molecule has 26 heavy (non-hydrogen) atoms. The van der Waals surface area contributed by atoms with Gasteiger partial charge in [0.1, 0.15) is 6.61 Å². The Morgan fingerprint density at radius 3 is 2.23 bits per heavy atom. The van der Waals surface area contributed by atoms with Crippen molar-refractivity contribution in [2.75, 3.05) is 53.0 Å². The van der Waals surface area contributed by atoms with E-state index < -0.39 is 0 Å². The van der Waals surface area contributed by atoms with Gasteiger partial charge in [0.15, 0.2) is 0 Å². The van der Waals surface area contributed by atoms with Crippen molar-refractivity contribution in [3.8, 4) is 18.2 Å². The molecule has 0 heterocycles. The quantitative estimate of drug-likeness (QED) is 0.293. The molecule has 0 aliphatic rings. The maximum absolute atomic E-state index is 10.9. The summed E-state index contributed by atoms with van der Waals surface area (Å²) in [5, 5.41) is 34.6. The summed E-state index contributed by atoms with van der Waals surface area (Å²) in [6, 6.07) is 5.61. The van der Waals surface area contributed by atoms with E-state index in [1.54, 1.807) is 11.0 Å². The Morgan fingerprint density at radius 2 is 1.81 bits per heavy atom. The minimum Gasteiger partial charge on any atom is -0.469 e. The van der Waals surface area contributed by atoms with Crippen molar-refractivity contribution >= 4 is 11.9 Å². The molecule has 0 bridgehead atoms. The van der Waals surface area contributed by atoms with Crippen LogP contribution in [0.5, 0.6) is 0 Å². The molecule has 0 aliphatic heterocycles. The fourth-order valence-electron chi connectivity index (χ4n) is 1.26. The summed E-state index contributed by atoms with van der Waals surface area (Å²) in [7, 11) is 1.32. The number of rotatable bonds is 10. The first-order chi connectivity index (χ1) is 12.4. The monoisotopic (exact) mass is 369 g/mol. The van der Waals surface area contributed by atoms with Gasteiger partial charge in [-0.25, -0.2) is 0 Å². The number of methoxy groups -OCH3 is 1. The average Bonchev–Trinajstić information content (AvgIpc) is 2.60.